The Balaban J connectivity index is 1.85. The molecule has 2 amide bonds. The summed E-state index contributed by atoms with van der Waals surface area (Å²) in [5, 5.41) is 1.75. The van der Waals surface area contributed by atoms with E-state index in [9.17, 15) is 19.2 Å². The van der Waals surface area contributed by atoms with Gasteiger partial charge in [0.25, 0.3) is 11.8 Å². The molecule has 8 nitrogen and oxygen atoms in total. The van der Waals surface area contributed by atoms with Gasteiger partial charge in [-0.1, -0.05) is 6.07 Å². The maximum Gasteiger partial charge on any atom is 0.316 e. The fraction of sp³-hybridized carbons (Fsp3) is 0.125. The Kier molecular flexibility index (Phi) is 4.48. The molecule has 2 aromatic heterocycles. The second-order valence-electron chi connectivity index (χ2n) is 5.12. The van der Waals surface area contributed by atoms with E-state index in [0.29, 0.717) is 22.5 Å². The molecular weight excluding hydrogens is 344 g/mol. The highest BCUT2D eigenvalue weighted by Crippen LogP contribution is 2.12. The van der Waals surface area contributed by atoms with Gasteiger partial charge in [-0.2, -0.15) is 0 Å². The van der Waals surface area contributed by atoms with Crippen LogP contribution in [-0.4, -0.2) is 21.4 Å². The van der Waals surface area contributed by atoms with Gasteiger partial charge in [0.1, 0.15) is 0 Å². The summed E-state index contributed by atoms with van der Waals surface area (Å²) in [4.78, 5) is 50.4. The quantitative estimate of drug-likeness (QED) is 0.476. The number of benzene rings is 1. The first-order valence-corrected chi connectivity index (χ1v) is 8.30. The van der Waals surface area contributed by atoms with Gasteiger partial charge in [-0.3, -0.25) is 30.0 Å². The predicted octanol–water partition coefficient (Wildman–Crippen LogP) is 0.846. The monoisotopic (exact) mass is 358 g/mol. The number of hydrogen-bond donors (Lipinski definition) is 3. The minimum atomic E-state index is -0.752. The van der Waals surface area contributed by atoms with Crippen molar-refractivity contribution in [1.29, 1.82) is 0 Å². The van der Waals surface area contributed by atoms with Crippen LogP contribution in [0, 0.1) is 0 Å². The van der Waals surface area contributed by atoms with Crippen molar-refractivity contribution < 1.29 is 9.59 Å². The van der Waals surface area contributed by atoms with Crippen LogP contribution in [0.5, 0.6) is 0 Å². The average molecular weight is 358 g/mol. The number of H-pyrrole nitrogens is 1. The molecule has 3 N–H and O–H groups in total. The van der Waals surface area contributed by atoms with E-state index < -0.39 is 22.9 Å². The molecule has 0 saturated heterocycles. The first-order valence-electron chi connectivity index (χ1n) is 7.42. The van der Waals surface area contributed by atoms with Crippen LogP contribution in [-0.2, 0) is 6.54 Å². The summed E-state index contributed by atoms with van der Waals surface area (Å²) in [6.45, 7) is 2.09. The first kappa shape index (κ1) is 16.7. The van der Waals surface area contributed by atoms with E-state index in [1.165, 1.54) is 28.0 Å². The second-order valence-corrected chi connectivity index (χ2v) is 6.07. The molecule has 3 rings (SSSR count). The number of rotatable bonds is 3. The van der Waals surface area contributed by atoms with E-state index in [-0.39, 0.29) is 5.56 Å². The SMILES string of the molecule is CCn1c(=O)c(=O)[nH]c2cc(C(=O)NNC(=O)c3cccs3)ccc21. The van der Waals surface area contributed by atoms with E-state index in [1.54, 1.807) is 30.5 Å². The molecule has 0 unspecified atom stereocenters. The lowest BCUT2D eigenvalue weighted by molar-refractivity contribution is 0.0849. The number of hydrazine groups is 1. The van der Waals surface area contributed by atoms with Crippen LogP contribution >= 0.6 is 11.3 Å². The van der Waals surface area contributed by atoms with E-state index in [1.807, 2.05) is 0 Å². The number of aryl methyl sites for hydroxylation is 1. The Bertz CT molecular complexity index is 1070. The molecule has 9 heteroatoms. The molecule has 0 saturated carbocycles. The van der Waals surface area contributed by atoms with E-state index in [2.05, 4.69) is 15.8 Å². The lowest BCUT2D eigenvalue weighted by Gasteiger charge is -2.09. The molecule has 0 bridgehead atoms. The number of nitrogens with one attached hydrogen (secondary N) is 3. The zero-order valence-corrected chi connectivity index (χ0v) is 14.0. The van der Waals surface area contributed by atoms with Crippen molar-refractivity contribution in [3.05, 3.63) is 66.9 Å². The smallest absolute Gasteiger partial charge is 0.316 e. The fourth-order valence-corrected chi connectivity index (χ4v) is 3.01. The van der Waals surface area contributed by atoms with Crippen LogP contribution < -0.4 is 22.0 Å². The third-order valence-corrected chi connectivity index (χ3v) is 4.46. The summed E-state index contributed by atoms with van der Waals surface area (Å²) in [6, 6.07) is 7.91. The lowest BCUT2D eigenvalue weighted by atomic mass is 10.2. The Labute approximate surface area is 145 Å². The normalized spacial score (nSPS) is 10.6. The zero-order chi connectivity index (χ0) is 18.0. The van der Waals surface area contributed by atoms with Crippen LogP contribution in [0.4, 0.5) is 0 Å². The second kappa shape index (κ2) is 6.73. The van der Waals surface area contributed by atoms with Crippen molar-refractivity contribution >= 4 is 34.2 Å². The highest BCUT2D eigenvalue weighted by Gasteiger charge is 2.12. The number of carbonyl (C=O) groups excluding carboxylic acids is 2. The number of hydrogen-bond acceptors (Lipinski definition) is 5. The molecule has 0 radical (unpaired) electrons. The largest absolute Gasteiger partial charge is 0.316 e. The van der Waals surface area contributed by atoms with E-state index >= 15 is 0 Å². The first-order chi connectivity index (χ1) is 12.0. The van der Waals surface area contributed by atoms with Crippen LogP contribution in [0.15, 0.2) is 45.3 Å². The Morgan fingerprint density at radius 3 is 2.60 bits per heavy atom. The van der Waals surface area contributed by atoms with Gasteiger partial charge in [-0.05, 0) is 36.6 Å². The zero-order valence-electron chi connectivity index (χ0n) is 13.2. The number of fused-ring (bicyclic) bond motifs is 1. The van der Waals surface area contributed by atoms with Crippen molar-refractivity contribution in [2.75, 3.05) is 0 Å². The van der Waals surface area contributed by atoms with Crippen molar-refractivity contribution in [1.82, 2.24) is 20.4 Å². The number of carbonyl (C=O) groups is 2. The molecule has 0 spiro atoms. The van der Waals surface area contributed by atoms with Gasteiger partial charge < -0.3 is 9.55 Å². The maximum absolute atomic E-state index is 12.2. The summed E-state index contributed by atoms with van der Waals surface area (Å²) in [6.07, 6.45) is 0. The highest BCUT2D eigenvalue weighted by molar-refractivity contribution is 7.12. The minimum Gasteiger partial charge on any atom is -0.316 e. The summed E-state index contributed by atoms with van der Waals surface area (Å²) in [7, 11) is 0. The predicted molar refractivity (Wildman–Crippen MR) is 93.8 cm³/mol. The third-order valence-electron chi connectivity index (χ3n) is 3.59. The van der Waals surface area contributed by atoms with Crippen molar-refractivity contribution in [3.63, 3.8) is 0 Å². The molecular formula is C16H14N4O4S. The number of aromatic nitrogens is 2. The molecule has 25 heavy (non-hydrogen) atoms. The molecule has 1 aromatic carbocycles. The Morgan fingerprint density at radius 2 is 1.92 bits per heavy atom. The molecule has 0 fully saturated rings. The lowest BCUT2D eigenvalue weighted by Crippen LogP contribution is -2.41. The van der Waals surface area contributed by atoms with Gasteiger partial charge in [-0.25, -0.2) is 0 Å². The standard InChI is InChI=1S/C16H14N4O4S/c1-2-20-11-6-5-9(8-10(11)17-15(23)16(20)24)13(21)18-19-14(22)12-4-3-7-25-12/h3-8H,2H2,1H3,(H,17,23)(H,18,21)(H,19,22). The van der Waals surface area contributed by atoms with E-state index in [4.69, 9.17) is 0 Å². The number of nitrogens with zero attached hydrogens (tertiary/aromatic N) is 1. The van der Waals surface area contributed by atoms with Crippen LogP contribution in [0.1, 0.15) is 27.0 Å². The van der Waals surface area contributed by atoms with Crippen LogP contribution in [0.3, 0.4) is 0 Å². The minimum absolute atomic E-state index is 0.232. The average Bonchev–Trinajstić information content (AvgIpc) is 3.15. The molecule has 2 heterocycles. The summed E-state index contributed by atoms with van der Waals surface area (Å²) in [5.41, 5.74) is 4.35. The van der Waals surface area contributed by atoms with Crippen molar-refractivity contribution in [2.24, 2.45) is 0 Å². The summed E-state index contributed by atoms with van der Waals surface area (Å²) in [5.74, 6) is -0.959. The molecule has 128 valence electrons. The highest BCUT2D eigenvalue weighted by atomic mass is 32.1. The Morgan fingerprint density at radius 1 is 1.16 bits per heavy atom. The Hall–Kier alpha value is -3.20. The van der Waals surface area contributed by atoms with Crippen molar-refractivity contribution in [3.8, 4) is 0 Å². The summed E-state index contributed by atoms with van der Waals surface area (Å²) >= 11 is 1.25. The molecule has 0 aliphatic rings. The number of thiophene rings is 1. The third kappa shape index (κ3) is 3.22. The fourth-order valence-electron chi connectivity index (χ4n) is 2.39. The van der Waals surface area contributed by atoms with Crippen LogP contribution in [0.2, 0.25) is 0 Å². The van der Waals surface area contributed by atoms with Gasteiger partial charge in [0.05, 0.1) is 15.9 Å². The van der Waals surface area contributed by atoms with E-state index in [0.717, 1.165) is 0 Å². The van der Waals surface area contributed by atoms with Gasteiger partial charge >= 0.3 is 11.1 Å². The topological polar surface area (TPSA) is 113 Å². The molecule has 3 aromatic rings. The van der Waals surface area contributed by atoms with Gasteiger partial charge in [0, 0.05) is 12.1 Å². The van der Waals surface area contributed by atoms with Gasteiger partial charge in [0.2, 0.25) is 0 Å². The molecule has 0 aliphatic heterocycles. The number of aromatic amines is 1. The van der Waals surface area contributed by atoms with Gasteiger partial charge in [0.15, 0.2) is 0 Å². The van der Waals surface area contributed by atoms with Gasteiger partial charge in [-0.15, -0.1) is 11.3 Å². The molecule has 0 atom stereocenters. The van der Waals surface area contributed by atoms with Crippen LogP contribution in [0.25, 0.3) is 11.0 Å². The molecule has 0 aliphatic carbocycles. The van der Waals surface area contributed by atoms with Crippen molar-refractivity contribution in [2.45, 2.75) is 13.5 Å². The number of amides is 2. The summed E-state index contributed by atoms with van der Waals surface area (Å²) < 4.78 is 1.33. The maximum atomic E-state index is 12.2.